The van der Waals surface area contributed by atoms with E-state index in [0.29, 0.717) is 11.5 Å². The van der Waals surface area contributed by atoms with Crippen LogP contribution in [-0.4, -0.2) is 67.4 Å². The minimum atomic E-state index is -2.18. The van der Waals surface area contributed by atoms with Crippen molar-refractivity contribution in [2.75, 3.05) is 18.1 Å². The van der Waals surface area contributed by atoms with Crippen molar-refractivity contribution in [1.82, 2.24) is 20.0 Å². The topological polar surface area (TPSA) is 143 Å². The van der Waals surface area contributed by atoms with Gasteiger partial charge in [-0.25, -0.2) is 9.48 Å². The normalized spacial score (nSPS) is 19.1. The van der Waals surface area contributed by atoms with E-state index in [0.717, 1.165) is 0 Å². The molecule has 3 heterocycles. The predicted octanol–water partition coefficient (Wildman–Crippen LogP) is 0.358. The molecule has 0 unspecified atom stereocenters. The molecule has 0 aliphatic carbocycles. The highest BCUT2D eigenvalue weighted by atomic mass is 16.6. The van der Waals surface area contributed by atoms with Crippen molar-refractivity contribution in [3.05, 3.63) is 30.2 Å². The molecule has 1 amide bonds. The Kier molecular flexibility index (Phi) is 5.56. The number of carbonyl (C=O) groups excluding carboxylic acids is 2. The zero-order chi connectivity index (χ0) is 22.1. The summed E-state index contributed by atoms with van der Waals surface area (Å²) < 4.78 is 12.1. The maximum atomic E-state index is 13.0. The number of morpholine rings is 1. The fraction of sp³-hybridized carbons (Fsp3) is 0.474. The zero-order valence-electron chi connectivity index (χ0n) is 17.1. The lowest BCUT2D eigenvalue weighted by Gasteiger charge is -2.38. The summed E-state index contributed by atoms with van der Waals surface area (Å²) in [5.41, 5.74) is -2.40. The molecule has 11 nitrogen and oxygen atoms in total. The summed E-state index contributed by atoms with van der Waals surface area (Å²) in [5.74, 6) is -1.27. The van der Waals surface area contributed by atoms with Crippen LogP contribution in [0.15, 0.2) is 24.5 Å². The fourth-order valence-corrected chi connectivity index (χ4v) is 2.84. The number of ether oxygens (including phenoxy) is 2. The molecule has 1 aliphatic heterocycles. The van der Waals surface area contributed by atoms with Crippen LogP contribution in [0.4, 0.5) is 5.82 Å². The van der Waals surface area contributed by atoms with Crippen LogP contribution in [0, 0.1) is 11.3 Å². The second kappa shape index (κ2) is 7.81. The molecule has 2 atom stereocenters. The molecule has 1 saturated heterocycles. The molecular formula is C19H22N6O5. The molecule has 1 aliphatic rings. The van der Waals surface area contributed by atoms with Crippen LogP contribution in [-0.2, 0) is 19.1 Å². The first-order chi connectivity index (χ1) is 14.0. The lowest BCUT2D eigenvalue weighted by Crippen LogP contribution is -2.61. The minimum absolute atomic E-state index is 0.0948. The van der Waals surface area contributed by atoms with Gasteiger partial charge in [-0.15, -0.1) is 10.2 Å². The van der Waals surface area contributed by atoms with E-state index in [1.54, 1.807) is 33.0 Å². The molecule has 11 heteroatoms. The average Bonchev–Trinajstić information content (AvgIpc) is 3.16. The number of aromatic nitrogens is 4. The van der Waals surface area contributed by atoms with Crippen LogP contribution in [0.1, 0.15) is 33.4 Å². The molecule has 2 aromatic heterocycles. The van der Waals surface area contributed by atoms with Gasteiger partial charge >= 0.3 is 5.97 Å². The first-order valence-corrected chi connectivity index (χ1v) is 9.20. The molecular weight excluding hydrogens is 392 g/mol. The average molecular weight is 414 g/mol. The van der Waals surface area contributed by atoms with Gasteiger partial charge in [0.15, 0.2) is 23.2 Å². The number of nitrogens with zero attached hydrogens (tertiary/aromatic N) is 6. The Balaban J connectivity index is 1.83. The molecule has 0 spiro atoms. The quantitative estimate of drug-likeness (QED) is 0.701. The molecule has 3 rings (SSSR count). The fourth-order valence-electron chi connectivity index (χ4n) is 2.84. The van der Waals surface area contributed by atoms with E-state index in [9.17, 15) is 14.7 Å². The maximum Gasteiger partial charge on any atom is 0.341 e. The van der Waals surface area contributed by atoms with Gasteiger partial charge in [0.05, 0.1) is 25.0 Å². The van der Waals surface area contributed by atoms with E-state index in [1.807, 2.05) is 6.07 Å². The molecule has 158 valence electrons. The van der Waals surface area contributed by atoms with Crippen LogP contribution in [0.2, 0.25) is 0 Å². The summed E-state index contributed by atoms with van der Waals surface area (Å²) in [6.07, 6.45) is 1.57. The first-order valence-electron chi connectivity index (χ1n) is 9.20. The monoisotopic (exact) mass is 414 g/mol. The highest BCUT2D eigenvalue weighted by Crippen LogP contribution is 2.26. The maximum absolute atomic E-state index is 13.0. The lowest BCUT2D eigenvalue weighted by molar-refractivity contribution is -0.194. The van der Waals surface area contributed by atoms with Gasteiger partial charge in [-0.05, 0) is 27.7 Å². The van der Waals surface area contributed by atoms with Gasteiger partial charge in [-0.2, -0.15) is 10.4 Å². The minimum Gasteiger partial charge on any atom is -0.458 e. The summed E-state index contributed by atoms with van der Waals surface area (Å²) in [4.78, 5) is 26.8. The summed E-state index contributed by atoms with van der Waals surface area (Å²) >= 11 is 0. The van der Waals surface area contributed by atoms with E-state index in [4.69, 9.17) is 14.7 Å². The molecule has 0 bridgehead atoms. The first kappa shape index (κ1) is 21.4. The molecule has 0 saturated carbocycles. The molecule has 2 aromatic rings. The third kappa shape index (κ3) is 4.29. The van der Waals surface area contributed by atoms with Crippen LogP contribution in [0.3, 0.4) is 0 Å². The summed E-state index contributed by atoms with van der Waals surface area (Å²) in [5, 5.41) is 31.4. The SMILES string of the molecule is CC(C)(C)OC(=O)[C@](C)(O)[C@H]1OCCN(c2ccn(-c3cnnc(C#N)c3)n2)C1=O. The van der Waals surface area contributed by atoms with Gasteiger partial charge in [-0.3, -0.25) is 9.69 Å². The van der Waals surface area contributed by atoms with Crippen molar-refractivity contribution < 1.29 is 24.2 Å². The van der Waals surface area contributed by atoms with E-state index in [-0.39, 0.29) is 18.8 Å². The number of carbonyl (C=O) groups is 2. The predicted molar refractivity (Wildman–Crippen MR) is 102 cm³/mol. The summed E-state index contributed by atoms with van der Waals surface area (Å²) in [6.45, 7) is 6.46. The smallest absolute Gasteiger partial charge is 0.341 e. The largest absolute Gasteiger partial charge is 0.458 e. The van der Waals surface area contributed by atoms with E-state index in [2.05, 4.69) is 15.3 Å². The number of nitriles is 1. The van der Waals surface area contributed by atoms with E-state index >= 15 is 0 Å². The number of hydrogen-bond acceptors (Lipinski definition) is 9. The number of aliphatic hydroxyl groups is 1. The van der Waals surface area contributed by atoms with Crippen molar-refractivity contribution in [3.63, 3.8) is 0 Å². The number of amides is 1. The number of rotatable bonds is 4. The molecule has 0 radical (unpaired) electrons. The van der Waals surface area contributed by atoms with Gasteiger partial charge in [0, 0.05) is 18.3 Å². The second-order valence-electron chi connectivity index (χ2n) is 7.92. The van der Waals surface area contributed by atoms with Gasteiger partial charge in [0.25, 0.3) is 5.91 Å². The van der Waals surface area contributed by atoms with Crippen molar-refractivity contribution in [2.45, 2.75) is 45.0 Å². The molecule has 0 aromatic carbocycles. The van der Waals surface area contributed by atoms with Crippen molar-refractivity contribution >= 4 is 17.7 Å². The van der Waals surface area contributed by atoms with E-state index in [1.165, 1.54) is 28.8 Å². The number of esters is 1. The Labute approximate surface area is 172 Å². The second-order valence-corrected chi connectivity index (χ2v) is 7.92. The van der Waals surface area contributed by atoms with Crippen LogP contribution in [0.25, 0.3) is 5.69 Å². The van der Waals surface area contributed by atoms with Gasteiger partial charge in [0.1, 0.15) is 11.7 Å². The molecule has 1 N–H and O–H groups in total. The summed E-state index contributed by atoms with van der Waals surface area (Å²) in [6, 6.07) is 4.99. The Morgan fingerprint density at radius 2 is 2.13 bits per heavy atom. The van der Waals surface area contributed by atoms with Crippen LogP contribution < -0.4 is 4.90 Å². The van der Waals surface area contributed by atoms with Gasteiger partial charge in [0.2, 0.25) is 0 Å². The standard InChI is InChI=1S/C19H22N6O5/c1-18(2,3)30-17(27)19(4,28)15-16(26)24(7-8-29-15)14-5-6-25(23-14)13-9-12(10-20)22-21-11-13/h5-6,9,11,15,28H,7-8H2,1-4H3/t15-,19+/m0/s1. The Morgan fingerprint density at radius 1 is 1.40 bits per heavy atom. The molecule has 30 heavy (non-hydrogen) atoms. The Morgan fingerprint density at radius 3 is 2.80 bits per heavy atom. The zero-order valence-corrected chi connectivity index (χ0v) is 17.1. The van der Waals surface area contributed by atoms with E-state index < -0.39 is 29.2 Å². The van der Waals surface area contributed by atoms with Crippen LogP contribution in [0.5, 0.6) is 0 Å². The third-order valence-electron chi connectivity index (χ3n) is 4.28. The Hall–Kier alpha value is -3.36. The summed E-state index contributed by atoms with van der Waals surface area (Å²) in [7, 11) is 0. The van der Waals surface area contributed by atoms with Gasteiger partial charge < -0.3 is 14.6 Å². The van der Waals surface area contributed by atoms with Crippen molar-refractivity contribution in [2.24, 2.45) is 0 Å². The lowest BCUT2D eigenvalue weighted by atomic mass is 9.96. The third-order valence-corrected chi connectivity index (χ3v) is 4.28. The van der Waals surface area contributed by atoms with Crippen molar-refractivity contribution in [3.8, 4) is 11.8 Å². The van der Waals surface area contributed by atoms with Crippen molar-refractivity contribution in [1.29, 1.82) is 5.26 Å². The van der Waals surface area contributed by atoms with Gasteiger partial charge in [-0.1, -0.05) is 0 Å². The highest BCUT2D eigenvalue weighted by Gasteiger charge is 2.50. The molecule has 1 fully saturated rings. The number of hydrogen-bond donors (Lipinski definition) is 1. The number of anilines is 1. The van der Waals surface area contributed by atoms with Crippen LogP contribution >= 0.6 is 0 Å². The Bertz CT molecular complexity index is 1000. The highest BCUT2D eigenvalue weighted by molar-refractivity contribution is 6.01.